The number of nitrogens with one attached hydrogen (secondary N) is 3. The lowest BCUT2D eigenvalue weighted by atomic mass is 9.91. The van der Waals surface area contributed by atoms with E-state index >= 15 is 0 Å². The first-order valence-corrected chi connectivity index (χ1v) is 9.39. The minimum Gasteiger partial charge on any atom is -0.339 e. The largest absolute Gasteiger partial charge is 0.339 e. The van der Waals surface area contributed by atoms with Crippen LogP contribution in [-0.2, 0) is 11.3 Å². The van der Waals surface area contributed by atoms with Crippen molar-refractivity contribution in [3.05, 3.63) is 35.4 Å². The molecule has 3 saturated heterocycles. The second-order valence-electron chi connectivity index (χ2n) is 7.23. The molecule has 1 amide bonds. The predicted octanol–water partition coefficient (Wildman–Crippen LogP) is 1.69. The van der Waals surface area contributed by atoms with E-state index in [1.165, 1.54) is 0 Å². The Bertz CT molecular complexity index is 729. The van der Waals surface area contributed by atoms with Crippen LogP contribution in [0.15, 0.2) is 24.3 Å². The van der Waals surface area contributed by atoms with Gasteiger partial charge in [0.1, 0.15) is 6.04 Å². The summed E-state index contributed by atoms with van der Waals surface area (Å²) in [6.45, 7) is 1.57. The van der Waals surface area contributed by atoms with Crippen molar-refractivity contribution in [1.29, 1.82) is 0 Å². The van der Waals surface area contributed by atoms with Gasteiger partial charge in [-0.3, -0.25) is 4.79 Å². The van der Waals surface area contributed by atoms with E-state index in [4.69, 9.17) is 12.2 Å². The number of thiocarbonyl (C=S) groups is 1. The van der Waals surface area contributed by atoms with Crippen LogP contribution >= 0.6 is 12.2 Å². The highest BCUT2D eigenvalue weighted by Gasteiger charge is 2.43. The Labute approximate surface area is 156 Å². The number of piperidine rings is 1. The van der Waals surface area contributed by atoms with E-state index < -0.39 is 5.92 Å². The monoisotopic (exact) mass is 380 g/mol. The standard InChI is InChI=1S/C18H22F2N4OS/c19-18(20)6-8-21-13(9-18)12-4-2-1-3-11(12)10-24-14-5-7-22-15(14)16(25)23-17(24)26/h1-4,13-15,21-22H,5-10H2,(H,23,25,26)/t13-,14?,15?/m0/s1. The summed E-state index contributed by atoms with van der Waals surface area (Å²) in [6, 6.07) is 7.01. The minimum atomic E-state index is -2.64. The number of amides is 1. The van der Waals surface area contributed by atoms with Crippen LogP contribution in [0.25, 0.3) is 0 Å². The van der Waals surface area contributed by atoms with Crippen LogP contribution in [0.3, 0.4) is 0 Å². The summed E-state index contributed by atoms with van der Waals surface area (Å²) in [6.07, 6.45) is 0.516. The number of hydrogen-bond donors (Lipinski definition) is 3. The molecule has 140 valence electrons. The maximum absolute atomic E-state index is 13.9. The predicted molar refractivity (Wildman–Crippen MR) is 97.8 cm³/mol. The highest BCUT2D eigenvalue weighted by Crippen LogP contribution is 2.36. The zero-order valence-electron chi connectivity index (χ0n) is 14.3. The second-order valence-corrected chi connectivity index (χ2v) is 7.61. The number of rotatable bonds is 3. The molecule has 0 saturated carbocycles. The van der Waals surface area contributed by atoms with Gasteiger partial charge in [0.15, 0.2) is 5.11 Å². The Hall–Kier alpha value is -1.64. The quantitative estimate of drug-likeness (QED) is 0.697. The summed E-state index contributed by atoms with van der Waals surface area (Å²) in [5.41, 5.74) is 1.85. The Balaban J connectivity index is 1.59. The van der Waals surface area contributed by atoms with Crippen molar-refractivity contribution in [2.45, 2.75) is 49.9 Å². The van der Waals surface area contributed by atoms with Crippen molar-refractivity contribution in [1.82, 2.24) is 20.9 Å². The van der Waals surface area contributed by atoms with Crippen molar-refractivity contribution in [2.24, 2.45) is 0 Å². The molecule has 0 radical (unpaired) electrons. The number of halogens is 2. The molecule has 3 N–H and O–H groups in total. The molecule has 1 aromatic rings. The molecular weight excluding hydrogens is 358 g/mol. The molecule has 26 heavy (non-hydrogen) atoms. The molecule has 3 fully saturated rings. The third-order valence-electron chi connectivity index (χ3n) is 5.52. The lowest BCUT2D eigenvalue weighted by Crippen LogP contribution is -2.63. The second kappa shape index (κ2) is 6.83. The van der Waals surface area contributed by atoms with Gasteiger partial charge in [-0.2, -0.15) is 0 Å². The lowest BCUT2D eigenvalue weighted by molar-refractivity contribution is -0.123. The summed E-state index contributed by atoms with van der Waals surface area (Å²) in [5.74, 6) is -2.73. The van der Waals surface area contributed by atoms with Gasteiger partial charge in [-0.25, -0.2) is 8.78 Å². The molecule has 3 aliphatic heterocycles. The summed E-state index contributed by atoms with van der Waals surface area (Å²) in [5, 5.41) is 9.60. The van der Waals surface area contributed by atoms with Crippen LogP contribution < -0.4 is 16.0 Å². The normalized spacial score (nSPS) is 30.8. The maximum Gasteiger partial charge on any atom is 0.251 e. The van der Waals surface area contributed by atoms with Crippen molar-refractivity contribution in [2.75, 3.05) is 13.1 Å². The van der Waals surface area contributed by atoms with Crippen molar-refractivity contribution in [3.8, 4) is 0 Å². The first-order valence-electron chi connectivity index (χ1n) is 8.98. The zero-order chi connectivity index (χ0) is 18.3. The topological polar surface area (TPSA) is 56.4 Å². The van der Waals surface area contributed by atoms with E-state index in [0.717, 1.165) is 24.1 Å². The van der Waals surface area contributed by atoms with Gasteiger partial charge in [-0.15, -0.1) is 0 Å². The summed E-state index contributed by atoms with van der Waals surface area (Å²) >= 11 is 5.39. The zero-order valence-corrected chi connectivity index (χ0v) is 15.1. The first kappa shape index (κ1) is 17.8. The number of nitrogens with zero attached hydrogens (tertiary/aromatic N) is 1. The van der Waals surface area contributed by atoms with E-state index in [2.05, 4.69) is 16.0 Å². The van der Waals surface area contributed by atoms with Crippen LogP contribution in [0.5, 0.6) is 0 Å². The number of carbonyl (C=O) groups is 1. The Morgan fingerprint density at radius 1 is 1.23 bits per heavy atom. The van der Waals surface area contributed by atoms with Gasteiger partial charge < -0.3 is 20.9 Å². The van der Waals surface area contributed by atoms with Gasteiger partial charge in [-0.1, -0.05) is 24.3 Å². The molecule has 0 bridgehead atoms. The van der Waals surface area contributed by atoms with E-state index in [-0.39, 0.29) is 36.9 Å². The number of fused-ring (bicyclic) bond motifs is 1. The summed E-state index contributed by atoms with van der Waals surface area (Å²) in [7, 11) is 0. The molecule has 0 aromatic heterocycles. The summed E-state index contributed by atoms with van der Waals surface area (Å²) < 4.78 is 27.8. The smallest absolute Gasteiger partial charge is 0.251 e. The Morgan fingerprint density at radius 2 is 2.04 bits per heavy atom. The number of alkyl halides is 2. The van der Waals surface area contributed by atoms with Crippen LogP contribution in [-0.4, -0.2) is 47.0 Å². The van der Waals surface area contributed by atoms with Crippen molar-refractivity contribution in [3.63, 3.8) is 0 Å². The van der Waals surface area contributed by atoms with Gasteiger partial charge in [-0.05, 0) is 36.3 Å². The van der Waals surface area contributed by atoms with E-state index in [1.54, 1.807) is 0 Å². The van der Waals surface area contributed by atoms with Crippen LogP contribution in [0.2, 0.25) is 0 Å². The van der Waals surface area contributed by atoms with Gasteiger partial charge >= 0.3 is 0 Å². The average molecular weight is 380 g/mol. The molecule has 3 atom stereocenters. The fourth-order valence-electron chi connectivity index (χ4n) is 4.21. The summed E-state index contributed by atoms with van der Waals surface area (Å²) in [4.78, 5) is 14.1. The highest BCUT2D eigenvalue weighted by molar-refractivity contribution is 7.80. The molecule has 1 aromatic carbocycles. The molecule has 0 spiro atoms. The maximum atomic E-state index is 13.9. The molecule has 0 aliphatic carbocycles. The van der Waals surface area contributed by atoms with Crippen LogP contribution in [0.1, 0.15) is 36.4 Å². The molecule has 5 nitrogen and oxygen atoms in total. The molecule has 2 unspecified atom stereocenters. The third kappa shape index (κ3) is 3.33. The van der Waals surface area contributed by atoms with Crippen molar-refractivity contribution < 1.29 is 13.6 Å². The Morgan fingerprint density at radius 3 is 2.85 bits per heavy atom. The highest BCUT2D eigenvalue weighted by atomic mass is 32.1. The van der Waals surface area contributed by atoms with Gasteiger partial charge in [0.2, 0.25) is 5.91 Å². The lowest BCUT2D eigenvalue weighted by Gasteiger charge is -2.39. The third-order valence-corrected chi connectivity index (χ3v) is 5.85. The van der Waals surface area contributed by atoms with Crippen molar-refractivity contribution >= 4 is 23.2 Å². The number of benzene rings is 1. The SMILES string of the molecule is O=C1NC(=S)N(Cc2ccccc2[C@@H]2CC(F)(F)CCN2)C2CCNC12. The molecule has 4 rings (SSSR count). The fourth-order valence-corrected chi connectivity index (χ4v) is 4.51. The van der Waals surface area contributed by atoms with Crippen LogP contribution in [0, 0.1) is 0 Å². The van der Waals surface area contributed by atoms with E-state index in [1.807, 2.05) is 29.2 Å². The van der Waals surface area contributed by atoms with Gasteiger partial charge in [0, 0.05) is 32.0 Å². The molecule has 3 aliphatic rings. The van der Waals surface area contributed by atoms with Gasteiger partial charge in [0.05, 0.1) is 6.04 Å². The minimum absolute atomic E-state index is 0.00469. The average Bonchev–Trinajstić information content (AvgIpc) is 3.08. The molecule has 8 heteroatoms. The first-order chi connectivity index (χ1) is 12.4. The van der Waals surface area contributed by atoms with E-state index in [9.17, 15) is 13.6 Å². The van der Waals surface area contributed by atoms with E-state index in [0.29, 0.717) is 18.2 Å². The molecule has 3 heterocycles. The fraction of sp³-hybridized carbons (Fsp3) is 0.556. The molecular formula is C18H22F2N4OS. The number of carbonyl (C=O) groups excluding carboxylic acids is 1. The van der Waals surface area contributed by atoms with Crippen LogP contribution in [0.4, 0.5) is 8.78 Å². The Kier molecular flexibility index (Phi) is 4.66. The van der Waals surface area contributed by atoms with Gasteiger partial charge in [0.25, 0.3) is 5.92 Å². The number of hydrogen-bond acceptors (Lipinski definition) is 4.